The van der Waals surface area contributed by atoms with Crippen molar-refractivity contribution in [1.82, 2.24) is 9.80 Å². The van der Waals surface area contributed by atoms with Crippen LogP contribution in [0.15, 0.2) is 30.3 Å². The number of rotatable bonds is 4. The molecule has 0 bridgehead atoms. The van der Waals surface area contributed by atoms with Gasteiger partial charge < -0.3 is 5.32 Å². The van der Waals surface area contributed by atoms with E-state index in [0.29, 0.717) is 6.04 Å². The van der Waals surface area contributed by atoms with Gasteiger partial charge in [-0.25, -0.2) is 0 Å². The molecular formula is C17H27N3. The molecule has 2 unspecified atom stereocenters. The van der Waals surface area contributed by atoms with Crippen molar-refractivity contribution in [2.75, 3.05) is 38.0 Å². The Hall–Kier alpha value is -1.06. The van der Waals surface area contributed by atoms with Crippen LogP contribution >= 0.6 is 0 Å². The van der Waals surface area contributed by atoms with Gasteiger partial charge >= 0.3 is 0 Å². The average molecular weight is 273 g/mol. The van der Waals surface area contributed by atoms with Crippen LogP contribution in [0.3, 0.4) is 0 Å². The Bertz CT molecular complexity index is 406. The Morgan fingerprint density at radius 3 is 2.85 bits per heavy atom. The van der Waals surface area contributed by atoms with Crippen molar-refractivity contribution in [3.05, 3.63) is 30.3 Å². The summed E-state index contributed by atoms with van der Waals surface area (Å²) in [7, 11) is 0. The molecule has 0 aliphatic carbocycles. The predicted octanol–water partition coefficient (Wildman–Crippen LogP) is 2.66. The van der Waals surface area contributed by atoms with Gasteiger partial charge in [-0.1, -0.05) is 24.6 Å². The zero-order chi connectivity index (χ0) is 13.8. The lowest BCUT2D eigenvalue weighted by Crippen LogP contribution is -2.59. The first-order valence-electron chi connectivity index (χ1n) is 8.10. The van der Waals surface area contributed by atoms with E-state index in [1.165, 1.54) is 44.6 Å². The third-order valence-corrected chi connectivity index (χ3v) is 4.82. The van der Waals surface area contributed by atoms with Gasteiger partial charge in [-0.15, -0.1) is 0 Å². The fourth-order valence-corrected chi connectivity index (χ4v) is 3.62. The summed E-state index contributed by atoms with van der Waals surface area (Å²) in [6, 6.07) is 12.0. The van der Waals surface area contributed by atoms with Crippen molar-refractivity contribution in [3.63, 3.8) is 0 Å². The Kier molecular flexibility index (Phi) is 4.58. The molecule has 0 aromatic heterocycles. The second-order valence-electron chi connectivity index (χ2n) is 6.28. The topological polar surface area (TPSA) is 18.5 Å². The highest BCUT2D eigenvalue weighted by Crippen LogP contribution is 2.23. The molecule has 0 radical (unpaired) electrons. The van der Waals surface area contributed by atoms with Crippen LogP contribution in [-0.2, 0) is 0 Å². The van der Waals surface area contributed by atoms with Gasteiger partial charge in [0.05, 0.1) is 0 Å². The maximum atomic E-state index is 3.53. The number of benzene rings is 1. The van der Waals surface area contributed by atoms with E-state index in [4.69, 9.17) is 0 Å². The number of piperazine rings is 1. The van der Waals surface area contributed by atoms with Crippen LogP contribution in [-0.4, -0.2) is 54.6 Å². The van der Waals surface area contributed by atoms with Crippen LogP contribution in [0.4, 0.5) is 5.69 Å². The van der Waals surface area contributed by atoms with Gasteiger partial charge in [0.2, 0.25) is 0 Å². The number of anilines is 1. The second-order valence-corrected chi connectivity index (χ2v) is 6.28. The van der Waals surface area contributed by atoms with Gasteiger partial charge in [0.1, 0.15) is 0 Å². The van der Waals surface area contributed by atoms with E-state index in [1.807, 2.05) is 0 Å². The minimum Gasteiger partial charge on any atom is -0.384 e. The highest BCUT2D eigenvalue weighted by molar-refractivity contribution is 5.42. The predicted molar refractivity (Wildman–Crippen MR) is 85.2 cm³/mol. The summed E-state index contributed by atoms with van der Waals surface area (Å²) in [4.78, 5) is 5.39. The third kappa shape index (κ3) is 3.33. The summed E-state index contributed by atoms with van der Waals surface area (Å²) >= 11 is 0. The van der Waals surface area contributed by atoms with Crippen LogP contribution < -0.4 is 5.32 Å². The molecule has 3 nitrogen and oxygen atoms in total. The largest absolute Gasteiger partial charge is 0.384 e. The molecule has 2 aliphatic rings. The van der Waals surface area contributed by atoms with E-state index in [1.54, 1.807) is 0 Å². The number of hydrogen-bond donors (Lipinski definition) is 1. The molecule has 1 aromatic rings. The van der Waals surface area contributed by atoms with E-state index in [9.17, 15) is 0 Å². The molecule has 2 heterocycles. The minimum atomic E-state index is 0.696. The van der Waals surface area contributed by atoms with Crippen LogP contribution in [0.25, 0.3) is 0 Å². The molecule has 3 rings (SSSR count). The summed E-state index contributed by atoms with van der Waals surface area (Å²) < 4.78 is 0. The maximum Gasteiger partial charge on any atom is 0.0340 e. The van der Waals surface area contributed by atoms with Gasteiger partial charge in [0.25, 0.3) is 0 Å². The van der Waals surface area contributed by atoms with Gasteiger partial charge in [-0.2, -0.15) is 0 Å². The molecule has 0 saturated carbocycles. The third-order valence-electron chi connectivity index (χ3n) is 4.82. The fraction of sp³-hybridized carbons (Fsp3) is 0.647. The van der Waals surface area contributed by atoms with Crippen LogP contribution in [0.2, 0.25) is 0 Å². The Morgan fingerprint density at radius 2 is 2.00 bits per heavy atom. The normalized spacial score (nSPS) is 28.1. The van der Waals surface area contributed by atoms with Gasteiger partial charge in [0.15, 0.2) is 0 Å². The summed E-state index contributed by atoms with van der Waals surface area (Å²) in [5.74, 6) is 0. The summed E-state index contributed by atoms with van der Waals surface area (Å²) in [5, 5.41) is 3.53. The zero-order valence-corrected chi connectivity index (χ0v) is 12.6. The van der Waals surface area contributed by atoms with Crippen LogP contribution in [0, 0.1) is 0 Å². The molecular weight excluding hydrogens is 246 g/mol. The summed E-state index contributed by atoms with van der Waals surface area (Å²) in [6.07, 6.45) is 4.22. The first kappa shape index (κ1) is 13.9. The number of fused-ring (bicyclic) bond motifs is 1. The Balaban J connectivity index is 1.47. The van der Waals surface area contributed by atoms with Crippen LogP contribution in [0.1, 0.15) is 26.2 Å². The molecule has 20 heavy (non-hydrogen) atoms. The molecule has 1 aromatic carbocycles. The fourth-order valence-electron chi connectivity index (χ4n) is 3.62. The second kappa shape index (κ2) is 6.59. The quantitative estimate of drug-likeness (QED) is 0.910. The van der Waals surface area contributed by atoms with E-state index in [-0.39, 0.29) is 0 Å². The highest BCUT2D eigenvalue weighted by atomic mass is 15.3. The van der Waals surface area contributed by atoms with Crippen molar-refractivity contribution >= 4 is 5.69 Å². The van der Waals surface area contributed by atoms with Gasteiger partial charge in [-0.3, -0.25) is 9.80 Å². The number of hydrogen-bond acceptors (Lipinski definition) is 3. The molecule has 0 spiro atoms. The number of nitrogens with one attached hydrogen (secondary N) is 1. The van der Waals surface area contributed by atoms with Crippen LogP contribution in [0.5, 0.6) is 0 Å². The summed E-state index contributed by atoms with van der Waals surface area (Å²) in [5.41, 5.74) is 1.23. The molecule has 2 saturated heterocycles. The molecule has 2 atom stereocenters. The molecule has 2 fully saturated rings. The lowest BCUT2D eigenvalue weighted by Gasteiger charge is -2.47. The molecule has 110 valence electrons. The lowest BCUT2D eigenvalue weighted by atomic mass is 9.97. The van der Waals surface area contributed by atoms with Crippen molar-refractivity contribution < 1.29 is 0 Å². The first-order chi connectivity index (χ1) is 9.83. The van der Waals surface area contributed by atoms with Crippen molar-refractivity contribution in [2.45, 2.75) is 38.3 Å². The maximum absolute atomic E-state index is 3.53. The minimum absolute atomic E-state index is 0.696. The monoisotopic (exact) mass is 273 g/mol. The Labute approximate surface area is 123 Å². The smallest absolute Gasteiger partial charge is 0.0340 e. The molecule has 3 heteroatoms. The standard InChI is InChI=1S/C17H27N3/c1-15-13-20-11-6-5-9-17(20)14-19(15)12-10-18-16-7-3-2-4-8-16/h2-4,7-8,15,17-18H,5-6,9-14H2,1H3. The molecule has 2 aliphatic heterocycles. The number of para-hydroxylation sites is 1. The summed E-state index contributed by atoms with van der Waals surface area (Å²) in [6.45, 7) is 8.42. The van der Waals surface area contributed by atoms with Gasteiger partial charge in [0, 0.05) is 44.0 Å². The molecule has 1 N–H and O–H groups in total. The number of nitrogens with zero attached hydrogens (tertiary/aromatic N) is 2. The van der Waals surface area contributed by atoms with Crippen molar-refractivity contribution in [3.8, 4) is 0 Å². The van der Waals surface area contributed by atoms with Crippen molar-refractivity contribution in [2.24, 2.45) is 0 Å². The average Bonchev–Trinajstić information content (AvgIpc) is 2.49. The number of piperidine rings is 1. The van der Waals surface area contributed by atoms with Gasteiger partial charge in [-0.05, 0) is 38.4 Å². The SMILES string of the molecule is CC1CN2CCCCC2CN1CCNc1ccccc1. The van der Waals surface area contributed by atoms with E-state index in [0.717, 1.165) is 19.1 Å². The van der Waals surface area contributed by atoms with E-state index >= 15 is 0 Å². The first-order valence-corrected chi connectivity index (χ1v) is 8.10. The highest BCUT2D eigenvalue weighted by Gasteiger charge is 2.32. The Morgan fingerprint density at radius 1 is 1.15 bits per heavy atom. The lowest BCUT2D eigenvalue weighted by molar-refractivity contribution is 0.0176. The van der Waals surface area contributed by atoms with E-state index in [2.05, 4.69) is 52.4 Å². The van der Waals surface area contributed by atoms with Crippen molar-refractivity contribution in [1.29, 1.82) is 0 Å². The zero-order valence-electron chi connectivity index (χ0n) is 12.6. The van der Waals surface area contributed by atoms with E-state index < -0.39 is 0 Å². The molecule has 0 amide bonds.